The molecule has 1 aromatic carbocycles. The van der Waals surface area contributed by atoms with Gasteiger partial charge in [0, 0.05) is 24.2 Å². The summed E-state index contributed by atoms with van der Waals surface area (Å²) in [6.07, 6.45) is 4.91. The first-order chi connectivity index (χ1) is 7.81. The summed E-state index contributed by atoms with van der Waals surface area (Å²) >= 11 is 0. The Hall–Kier alpha value is -0.930. The summed E-state index contributed by atoms with van der Waals surface area (Å²) in [5.74, 6) is -0.163. The number of hydrogen-bond acceptors (Lipinski definition) is 2. The molecular weight excluding hydrogens is 203 g/mol. The van der Waals surface area contributed by atoms with Crippen molar-refractivity contribution in [2.24, 2.45) is 5.73 Å². The summed E-state index contributed by atoms with van der Waals surface area (Å²) in [6, 6.07) is 7.33. The highest BCUT2D eigenvalue weighted by Crippen LogP contribution is 2.22. The molecule has 0 amide bonds. The molecule has 0 bridgehead atoms. The van der Waals surface area contributed by atoms with Gasteiger partial charge in [-0.15, -0.1) is 0 Å². The Morgan fingerprint density at radius 1 is 1.31 bits per heavy atom. The van der Waals surface area contributed by atoms with Gasteiger partial charge in [-0.25, -0.2) is 4.39 Å². The predicted molar refractivity (Wildman–Crippen MR) is 63.6 cm³/mol. The Kier molecular flexibility index (Phi) is 3.91. The minimum atomic E-state index is -0.163. The summed E-state index contributed by atoms with van der Waals surface area (Å²) < 4.78 is 13.6. The zero-order valence-corrected chi connectivity index (χ0v) is 9.45. The molecule has 2 nitrogen and oxygen atoms in total. The third-order valence-corrected chi connectivity index (χ3v) is 3.31. The zero-order valence-electron chi connectivity index (χ0n) is 9.45. The van der Waals surface area contributed by atoms with Crippen LogP contribution >= 0.6 is 0 Å². The van der Waals surface area contributed by atoms with Crippen LogP contribution in [0.1, 0.15) is 37.3 Å². The molecule has 1 aromatic rings. The second-order valence-electron chi connectivity index (χ2n) is 4.46. The van der Waals surface area contributed by atoms with E-state index >= 15 is 0 Å². The Labute approximate surface area is 96.0 Å². The fourth-order valence-corrected chi connectivity index (χ4v) is 2.42. The Balaban J connectivity index is 2.06. The van der Waals surface area contributed by atoms with Gasteiger partial charge in [0.1, 0.15) is 5.82 Å². The first-order valence-corrected chi connectivity index (χ1v) is 6.02. The van der Waals surface area contributed by atoms with E-state index in [4.69, 9.17) is 5.73 Å². The van der Waals surface area contributed by atoms with Crippen molar-refractivity contribution in [1.29, 1.82) is 0 Å². The van der Waals surface area contributed by atoms with Crippen molar-refractivity contribution >= 4 is 0 Å². The van der Waals surface area contributed by atoms with Gasteiger partial charge in [0.15, 0.2) is 0 Å². The molecule has 1 aliphatic rings. The summed E-state index contributed by atoms with van der Waals surface area (Å²) in [5, 5.41) is 3.46. The Bertz CT molecular complexity index is 334. The van der Waals surface area contributed by atoms with E-state index in [1.54, 1.807) is 6.07 Å². The lowest BCUT2D eigenvalue weighted by molar-refractivity contribution is 0.431. The third-order valence-electron chi connectivity index (χ3n) is 3.31. The van der Waals surface area contributed by atoms with Crippen LogP contribution in [0.15, 0.2) is 24.3 Å². The van der Waals surface area contributed by atoms with Crippen LogP contribution < -0.4 is 11.1 Å². The molecule has 0 radical (unpaired) electrons. The zero-order chi connectivity index (χ0) is 11.4. The van der Waals surface area contributed by atoms with Gasteiger partial charge in [-0.05, 0) is 18.9 Å². The monoisotopic (exact) mass is 222 g/mol. The van der Waals surface area contributed by atoms with Gasteiger partial charge in [0.05, 0.1) is 0 Å². The highest BCUT2D eigenvalue weighted by atomic mass is 19.1. The third kappa shape index (κ3) is 2.60. The van der Waals surface area contributed by atoms with Crippen molar-refractivity contribution in [2.75, 3.05) is 6.54 Å². The standard InChI is InChI=1S/C13H19FN2/c14-12-8-4-3-7-11(12)13(9-15)16-10-5-1-2-6-10/h3-4,7-8,10,13,16H,1-2,5-6,9,15H2. The molecule has 1 saturated carbocycles. The molecule has 0 spiro atoms. The van der Waals surface area contributed by atoms with Gasteiger partial charge in [0.25, 0.3) is 0 Å². The summed E-state index contributed by atoms with van der Waals surface area (Å²) in [6.45, 7) is 0.442. The van der Waals surface area contributed by atoms with Crippen molar-refractivity contribution in [1.82, 2.24) is 5.32 Å². The topological polar surface area (TPSA) is 38.0 Å². The molecule has 3 N–H and O–H groups in total. The molecule has 1 atom stereocenters. The minimum Gasteiger partial charge on any atom is -0.329 e. The smallest absolute Gasteiger partial charge is 0.128 e. The van der Waals surface area contributed by atoms with Crippen molar-refractivity contribution in [2.45, 2.75) is 37.8 Å². The van der Waals surface area contributed by atoms with E-state index in [9.17, 15) is 4.39 Å². The number of nitrogens with one attached hydrogen (secondary N) is 1. The van der Waals surface area contributed by atoms with Gasteiger partial charge in [0.2, 0.25) is 0 Å². The van der Waals surface area contributed by atoms with E-state index in [-0.39, 0.29) is 11.9 Å². The second kappa shape index (κ2) is 5.41. The van der Waals surface area contributed by atoms with E-state index in [1.165, 1.54) is 31.7 Å². The molecule has 0 aromatic heterocycles. The normalized spacial score (nSPS) is 18.9. The van der Waals surface area contributed by atoms with Crippen LogP contribution in [0, 0.1) is 5.82 Å². The van der Waals surface area contributed by atoms with E-state index < -0.39 is 0 Å². The van der Waals surface area contributed by atoms with Gasteiger partial charge in [-0.1, -0.05) is 31.0 Å². The van der Waals surface area contributed by atoms with Crippen molar-refractivity contribution in [3.8, 4) is 0 Å². The van der Waals surface area contributed by atoms with Crippen LogP contribution in [0.5, 0.6) is 0 Å². The first kappa shape index (κ1) is 11.6. The number of hydrogen-bond donors (Lipinski definition) is 2. The maximum Gasteiger partial charge on any atom is 0.128 e. The maximum absolute atomic E-state index is 13.6. The lowest BCUT2D eigenvalue weighted by Gasteiger charge is -2.22. The number of rotatable bonds is 4. The molecule has 2 rings (SSSR count). The van der Waals surface area contributed by atoms with Crippen LogP contribution in [-0.2, 0) is 0 Å². The minimum absolute atomic E-state index is 0.0516. The quantitative estimate of drug-likeness (QED) is 0.820. The summed E-state index contributed by atoms with van der Waals surface area (Å²) in [5.41, 5.74) is 6.41. The number of halogens is 1. The summed E-state index contributed by atoms with van der Waals surface area (Å²) in [4.78, 5) is 0. The first-order valence-electron chi connectivity index (χ1n) is 6.02. The second-order valence-corrected chi connectivity index (χ2v) is 4.46. The molecule has 0 aliphatic heterocycles. The maximum atomic E-state index is 13.6. The van der Waals surface area contributed by atoms with Gasteiger partial charge >= 0.3 is 0 Å². The van der Waals surface area contributed by atoms with E-state index in [2.05, 4.69) is 5.32 Å². The van der Waals surface area contributed by atoms with Gasteiger partial charge in [-0.2, -0.15) is 0 Å². The molecule has 1 aliphatic carbocycles. The van der Waals surface area contributed by atoms with Gasteiger partial charge in [-0.3, -0.25) is 0 Å². The van der Waals surface area contributed by atoms with Crippen molar-refractivity contribution in [3.05, 3.63) is 35.6 Å². The molecule has 3 heteroatoms. The Morgan fingerprint density at radius 3 is 2.62 bits per heavy atom. The lowest BCUT2D eigenvalue weighted by Crippen LogP contribution is -2.35. The van der Waals surface area contributed by atoms with Crippen LogP contribution in [0.2, 0.25) is 0 Å². The molecule has 0 heterocycles. The molecule has 1 unspecified atom stereocenters. The van der Waals surface area contributed by atoms with Crippen molar-refractivity contribution in [3.63, 3.8) is 0 Å². The Morgan fingerprint density at radius 2 is 2.00 bits per heavy atom. The molecule has 88 valence electrons. The predicted octanol–water partition coefficient (Wildman–Crippen LogP) is 2.36. The fourth-order valence-electron chi connectivity index (χ4n) is 2.42. The SMILES string of the molecule is NCC(NC1CCCC1)c1ccccc1F. The van der Waals surface area contributed by atoms with Crippen LogP contribution in [0.3, 0.4) is 0 Å². The fraction of sp³-hybridized carbons (Fsp3) is 0.538. The van der Waals surface area contributed by atoms with E-state index in [0.717, 1.165) is 0 Å². The molecule has 16 heavy (non-hydrogen) atoms. The summed E-state index contributed by atoms with van der Waals surface area (Å²) in [7, 11) is 0. The molecule has 1 fully saturated rings. The number of benzene rings is 1. The van der Waals surface area contributed by atoms with Crippen molar-refractivity contribution < 1.29 is 4.39 Å². The molecular formula is C13H19FN2. The lowest BCUT2D eigenvalue weighted by atomic mass is 10.0. The van der Waals surface area contributed by atoms with Crippen LogP contribution in [0.4, 0.5) is 4.39 Å². The largest absolute Gasteiger partial charge is 0.329 e. The average molecular weight is 222 g/mol. The highest BCUT2D eigenvalue weighted by Gasteiger charge is 2.20. The number of nitrogens with two attached hydrogens (primary N) is 1. The molecule has 0 saturated heterocycles. The van der Waals surface area contributed by atoms with Gasteiger partial charge < -0.3 is 11.1 Å². The average Bonchev–Trinajstić information content (AvgIpc) is 2.80. The highest BCUT2D eigenvalue weighted by molar-refractivity contribution is 5.21. The van der Waals surface area contributed by atoms with E-state index in [0.29, 0.717) is 18.2 Å². The van der Waals surface area contributed by atoms with Crippen LogP contribution in [0.25, 0.3) is 0 Å². The van der Waals surface area contributed by atoms with Crippen LogP contribution in [-0.4, -0.2) is 12.6 Å². The van der Waals surface area contributed by atoms with E-state index in [1.807, 2.05) is 12.1 Å².